The molecule has 0 aliphatic rings. The van der Waals surface area contributed by atoms with Crippen LogP contribution >= 0.6 is 0 Å². The van der Waals surface area contributed by atoms with Gasteiger partial charge in [-0.1, -0.05) is 18.2 Å². The van der Waals surface area contributed by atoms with E-state index in [1.165, 1.54) is 4.68 Å². The first-order valence-corrected chi connectivity index (χ1v) is 7.61. The van der Waals surface area contributed by atoms with Crippen LogP contribution in [0.25, 0.3) is 5.69 Å². The number of nitro groups is 1. The minimum atomic E-state index is -4.05. The molecule has 1 aromatic heterocycles. The van der Waals surface area contributed by atoms with Crippen LogP contribution in [0.1, 0.15) is 13.8 Å². The Morgan fingerprint density at radius 2 is 1.90 bits per heavy atom. The molecule has 0 radical (unpaired) electrons. The van der Waals surface area contributed by atoms with Crippen LogP contribution in [0.5, 0.6) is 0 Å². The van der Waals surface area contributed by atoms with E-state index >= 15 is 0 Å². The molecule has 0 spiro atoms. The van der Waals surface area contributed by atoms with Gasteiger partial charge in [-0.25, -0.2) is 17.8 Å². The van der Waals surface area contributed by atoms with Crippen LogP contribution in [0.4, 0.5) is 5.69 Å². The number of para-hydroxylation sites is 1. The molecule has 0 unspecified atom stereocenters. The van der Waals surface area contributed by atoms with E-state index in [2.05, 4.69) is 9.82 Å². The third-order valence-corrected chi connectivity index (χ3v) is 4.11. The first-order chi connectivity index (χ1) is 9.81. The number of hydrogen-bond donors (Lipinski definition) is 1. The lowest BCUT2D eigenvalue weighted by Crippen LogP contribution is -2.31. The van der Waals surface area contributed by atoms with Crippen LogP contribution in [0, 0.1) is 10.1 Å². The van der Waals surface area contributed by atoms with Crippen molar-refractivity contribution in [1.82, 2.24) is 14.5 Å². The molecule has 2 aromatic rings. The third kappa shape index (κ3) is 3.26. The van der Waals surface area contributed by atoms with E-state index in [1.54, 1.807) is 44.2 Å². The van der Waals surface area contributed by atoms with Crippen LogP contribution in [-0.2, 0) is 10.0 Å². The minimum Gasteiger partial charge on any atom is -0.258 e. The number of rotatable bonds is 5. The van der Waals surface area contributed by atoms with Gasteiger partial charge in [0.1, 0.15) is 6.20 Å². The summed E-state index contributed by atoms with van der Waals surface area (Å²) in [5, 5.41) is 14.3. The third-order valence-electron chi connectivity index (χ3n) is 2.53. The number of hydrogen-bond acceptors (Lipinski definition) is 5. The predicted molar refractivity (Wildman–Crippen MR) is 75.7 cm³/mol. The van der Waals surface area contributed by atoms with Crippen LogP contribution in [0.15, 0.2) is 41.6 Å². The fourth-order valence-electron chi connectivity index (χ4n) is 1.74. The summed E-state index contributed by atoms with van der Waals surface area (Å²) in [6.07, 6.45) is 1.09. The first-order valence-electron chi connectivity index (χ1n) is 6.13. The Labute approximate surface area is 121 Å². The fraction of sp³-hybridized carbons (Fsp3) is 0.250. The molecule has 112 valence electrons. The number of nitrogens with one attached hydrogen (secondary N) is 1. The van der Waals surface area contributed by atoms with Crippen molar-refractivity contribution in [1.29, 1.82) is 0 Å². The van der Waals surface area contributed by atoms with Crippen molar-refractivity contribution in [3.05, 3.63) is 46.6 Å². The lowest BCUT2D eigenvalue weighted by molar-refractivity contribution is -0.387. The van der Waals surface area contributed by atoms with Gasteiger partial charge in [-0.2, -0.15) is 0 Å². The molecule has 0 atom stereocenters. The zero-order valence-electron chi connectivity index (χ0n) is 11.4. The summed E-state index contributed by atoms with van der Waals surface area (Å²) < 4.78 is 27.7. The summed E-state index contributed by atoms with van der Waals surface area (Å²) >= 11 is 0. The first kappa shape index (κ1) is 15.1. The van der Waals surface area contributed by atoms with Crippen LogP contribution in [-0.4, -0.2) is 29.2 Å². The van der Waals surface area contributed by atoms with Gasteiger partial charge < -0.3 is 0 Å². The molecule has 21 heavy (non-hydrogen) atoms. The smallest absolute Gasteiger partial charge is 0.258 e. The monoisotopic (exact) mass is 310 g/mol. The predicted octanol–water partition coefficient (Wildman–Crippen LogP) is 1.47. The van der Waals surface area contributed by atoms with Gasteiger partial charge >= 0.3 is 5.69 Å². The molecule has 1 N–H and O–H groups in total. The summed E-state index contributed by atoms with van der Waals surface area (Å²) in [6, 6.07) is 8.18. The minimum absolute atomic E-state index is 0.392. The maximum Gasteiger partial charge on any atom is 0.327 e. The number of benzene rings is 1. The van der Waals surface area contributed by atoms with Gasteiger partial charge in [0.15, 0.2) is 0 Å². The Morgan fingerprint density at radius 3 is 2.43 bits per heavy atom. The van der Waals surface area contributed by atoms with Gasteiger partial charge in [0.05, 0.1) is 10.6 Å². The van der Waals surface area contributed by atoms with Crippen molar-refractivity contribution in [2.75, 3.05) is 0 Å². The van der Waals surface area contributed by atoms with Crippen LogP contribution in [0.3, 0.4) is 0 Å². The Bertz CT molecular complexity index is 753. The Morgan fingerprint density at radius 1 is 1.29 bits per heavy atom. The van der Waals surface area contributed by atoms with Gasteiger partial charge in [-0.3, -0.25) is 10.1 Å². The molecule has 0 saturated carbocycles. The molecule has 1 heterocycles. The highest BCUT2D eigenvalue weighted by Gasteiger charge is 2.31. The Hall–Kier alpha value is -2.26. The Kier molecular flexibility index (Phi) is 4.05. The molecule has 0 amide bonds. The van der Waals surface area contributed by atoms with Crippen molar-refractivity contribution in [3.63, 3.8) is 0 Å². The fourth-order valence-corrected chi connectivity index (χ4v) is 3.08. The number of nitrogens with zero attached hydrogens (tertiary/aromatic N) is 3. The normalized spacial score (nSPS) is 11.8. The van der Waals surface area contributed by atoms with E-state index in [9.17, 15) is 18.5 Å². The molecule has 9 heteroatoms. The maximum absolute atomic E-state index is 12.1. The highest BCUT2D eigenvalue weighted by atomic mass is 32.2. The molecule has 0 bridgehead atoms. The molecule has 0 fully saturated rings. The lowest BCUT2D eigenvalue weighted by atomic mass is 10.3. The second-order valence-electron chi connectivity index (χ2n) is 4.63. The maximum atomic E-state index is 12.1. The molecular weight excluding hydrogens is 296 g/mol. The van der Waals surface area contributed by atoms with Gasteiger partial charge in [0, 0.05) is 6.04 Å². The van der Waals surface area contributed by atoms with Crippen LogP contribution < -0.4 is 4.72 Å². The molecule has 0 aliphatic carbocycles. The highest BCUT2D eigenvalue weighted by Crippen LogP contribution is 2.23. The highest BCUT2D eigenvalue weighted by molar-refractivity contribution is 7.89. The standard InChI is InChI=1S/C12H14N4O4S/c1-9(2)14-21(19,20)12-11(16(17)18)8-15(13-12)10-6-4-3-5-7-10/h3-9,14H,1-2H3. The van der Waals surface area contributed by atoms with Crippen molar-refractivity contribution in [3.8, 4) is 5.69 Å². The van der Waals surface area contributed by atoms with Crippen molar-refractivity contribution < 1.29 is 13.3 Å². The summed E-state index contributed by atoms with van der Waals surface area (Å²) in [5.41, 5.74) is -0.0291. The van der Waals surface area contributed by atoms with Gasteiger partial charge in [-0.05, 0) is 26.0 Å². The summed E-state index contributed by atoms with van der Waals surface area (Å²) in [5.74, 6) is 0. The van der Waals surface area contributed by atoms with Crippen molar-refractivity contribution in [2.45, 2.75) is 24.9 Å². The van der Waals surface area contributed by atoms with Gasteiger partial charge in [0.25, 0.3) is 15.0 Å². The molecule has 0 saturated heterocycles. The van der Waals surface area contributed by atoms with E-state index in [-0.39, 0.29) is 0 Å². The van der Waals surface area contributed by atoms with Gasteiger partial charge in [0.2, 0.25) is 0 Å². The largest absolute Gasteiger partial charge is 0.327 e. The van der Waals surface area contributed by atoms with Crippen molar-refractivity contribution >= 4 is 15.7 Å². The zero-order chi connectivity index (χ0) is 15.6. The number of sulfonamides is 1. The van der Waals surface area contributed by atoms with E-state index in [4.69, 9.17) is 0 Å². The average Bonchev–Trinajstić information content (AvgIpc) is 2.84. The molecule has 1 aromatic carbocycles. The summed E-state index contributed by atoms with van der Waals surface area (Å²) in [6.45, 7) is 3.25. The van der Waals surface area contributed by atoms with E-state index in [1.807, 2.05) is 0 Å². The van der Waals surface area contributed by atoms with Crippen LogP contribution in [0.2, 0.25) is 0 Å². The van der Waals surface area contributed by atoms with E-state index < -0.39 is 31.7 Å². The topological polar surface area (TPSA) is 107 Å². The zero-order valence-corrected chi connectivity index (χ0v) is 12.2. The average molecular weight is 310 g/mol. The Balaban J connectivity index is 2.56. The van der Waals surface area contributed by atoms with E-state index in [0.717, 1.165) is 6.20 Å². The summed E-state index contributed by atoms with van der Waals surface area (Å²) in [4.78, 5) is 10.3. The van der Waals surface area contributed by atoms with E-state index in [0.29, 0.717) is 5.69 Å². The SMILES string of the molecule is CC(C)NS(=O)(=O)c1nn(-c2ccccc2)cc1[N+](=O)[O-]. The number of aromatic nitrogens is 2. The second-order valence-corrected chi connectivity index (χ2v) is 6.26. The molecular formula is C12H14N4O4S. The quantitative estimate of drug-likeness (QED) is 0.664. The molecule has 8 nitrogen and oxygen atoms in total. The lowest BCUT2D eigenvalue weighted by Gasteiger charge is -2.06. The second kappa shape index (κ2) is 5.62. The summed E-state index contributed by atoms with van der Waals surface area (Å²) in [7, 11) is -4.05. The van der Waals surface area contributed by atoms with Crippen molar-refractivity contribution in [2.24, 2.45) is 0 Å². The molecule has 0 aliphatic heterocycles. The van der Waals surface area contributed by atoms with Gasteiger partial charge in [-0.15, -0.1) is 5.10 Å². The molecule has 2 rings (SSSR count).